The zero-order valence-corrected chi connectivity index (χ0v) is 9.92. The molecule has 1 aromatic heterocycles. The molecule has 1 N–H and O–H groups in total. The van der Waals surface area contributed by atoms with Gasteiger partial charge in [-0.2, -0.15) is 5.10 Å². The second-order valence-corrected chi connectivity index (χ2v) is 3.81. The average molecular weight is 233 g/mol. The first kappa shape index (κ1) is 11.6. The summed E-state index contributed by atoms with van der Waals surface area (Å²) in [5.41, 5.74) is 1.78. The van der Waals surface area contributed by atoms with Crippen molar-refractivity contribution < 1.29 is 9.84 Å². The minimum Gasteiger partial charge on any atom is -0.485 e. The number of para-hydroxylation sites is 1. The van der Waals surface area contributed by atoms with E-state index in [1.165, 1.54) is 6.33 Å². The Labute approximate surface area is 99.7 Å². The molecule has 0 spiro atoms. The number of hydrogen-bond acceptors (Lipinski definition) is 4. The molecule has 0 aliphatic heterocycles. The van der Waals surface area contributed by atoms with E-state index >= 15 is 0 Å². The van der Waals surface area contributed by atoms with Gasteiger partial charge in [0.1, 0.15) is 18.7 Å². The van der Waals surface area contributed by atoms with E-state index in [9.17, 15) is 5.11 Å². The van der Waals surface area contributed by atoms with Crippen LogP contribution in [0.1, 0.15) is 17.0 Å². The fourth-order valence-electron chi connectivity index (χ4n) is 1.63. The van der Waals surface area contributed by atoms with Crippen LogP contribution in [0.3, 0.4) is 0 Å². The molecule has 5 nitrogen and oxygen atoms in total. The standard InChI is InChI=1S/C12H15N3O2/c1-9-4-3-5-10(6-16)12(9)17-7-11-13-8-14-15(11)2/h3-5,8,16H,6-7H2,1-2H3. The Hall–Kier alpha value is -1.88. The van der Waals surface area contributed by atoms with Crippen molar-refractivity contribution in [2.45, 2.75) is 20.1 Å². The molecule has 0 saturated carbocycles. The van der Waals surface area contributed by atoms with Crippen molar-refractivity contribution in [3.63, 3.8) is 0 Å². The van der Waals surface area contributed by atoms with E-state index in [1.807, 2.05) is 32.2 Å². The molecule has 17 heavy (non-hydrogen) atoms. The fourth-order valence-corrected chi connectivity index (χ4v) is 1.63. The van der Waals surface area contributed by atoms with Gasteiger partial charge in [0.2, 0.25) is 0 Å². The fraction of sp³-hybridized carbons (Fsp3) is 0.333. The highest BCUT2D eigenvalue weighted by Crippen LogP contribution is 2.24. The monoisotopic (exact) mass is 233 g/mol. The van der Waals surface area contributed by atoms with E-state index in [0.29, 0.717) is 6.61 Å². The molecule has 2 aromatic rings. The number of aliphatic hydroxyl groups excluding tert-OH is 1. The van der Waals surface area contributed by atoms with Gasteiger partial charge in [-0.25, -0.2) is 4.98 Å². The quantitative estimate of drug-likeness (QED) is 0.861. The van der Waals surface area contributed by atoms with E-state index in [-0.39, 0.29) is 6.61 Å². The summed E-state index contributed by atoms with van der Waals surface area (Å²) in [5.74, 6) is 1.47. The summed E-state index contributed by atoms with van der Waals surface area (Å²) in [5, 5.41) is 13.2. The maximum absolute atomic E-state index is 9.24. The molecule has 0 fully saturated rings. The summed E-state index contributed by atoms with van der Waals surface area (Å²) in [6.45, 7) is 2.26. The van der Waals surface area contributed by atoms with Crippen molar-refractivity contribution in [1.82, 2.24) is 14.8 Å². The Kier molecular flexibility index (Phi) is 3.39. The first-order valence-electron chi connectivity index (χ1n) is 5.37. The lowest BCUT2D eigenvalue weighted by Gasteiger charge is -2.12. The molecular formula is C12H15N3O2. The van der Waals surface area contributed by atoms with E-state index in [0.717, 1.165) is 22.7 Å². The van der Waals surface area contributed by atoms with Crippen LogP contribution in [0.2, 0.25) is 0 Å². The number of nitrogens with zero attached hydrogens (tertiary/aromatic N) is 3. The smallest absolute Gasteiger partial charge is 0.164 e. The molecule has 5 heteroatoms. The molecule has 90 valence electrons. The minimum absolute atomic E-state index is 0.0319. The van der Waals surface area contributed by atoms with Crippen LogP contribution < -0.4 is 4.74 Å². The topological polar surface area (TPSA) is 60.2 Å². The largest absolute Gasteiger partial charge is 0.485 e. The number of benzene rings is 1. The van der Waals surface area contributed by atoms with Gasteiger partial charge in [0.15, 0.2) is 5.82 Å². The van der Waals surface area contributed by atoms with Crippen LogP contribution in [0.5, 0.6) is 5.75 Å². The highest BCUT2D eigenvalue weighted by molar-refractivity contribution is 5.40. The zero-order valence-electron chi connectivity index (χ0n) is 9.92. The maximum atomic E-state index is 9.24. The molecule has 0 aliphatic rings. The van der Waals surface area contributed by atoms with Crippen molar-refractivity contribution in [3.8, 4) is 5.75 Å². The van der Waals surface area contributed by atoms with Crippen molar-refractivity contribution in [2.75, 3.05) is 0 Å². The van der Waals surface area contributed by atoms with Crippen LogP contribution in [-0.2, 0) is 20.3 Å². The lowest BCUT2D eigenvalue weighted by atomic mass is 10.1. The van der Waals surface area contributed by atoms with Crippen molar-refractivity contribution in [1.29, 1.82) is 0 Å². The average Bonchev–Trinajstić information content (AvgIpc) is 2.73. The van der Waals surface area contributed by atoms with E-state index in [2.05, 4.69) is 10.1 Å². The van der Waals surface area contributed by atoms with Crippen LogP contribution in [0, 0.1) is 6.92 Å². The molecular weight excluding hydrogens is 218 g/mol. The summed E-state index contributed by atoms with van der Waals surface area (Å²) in [7, 11) is 1.82. The Balaban J connectivity index is 2.16. The van der Waals surface area contributed by atoms with E-state index < -0.39 is 0 Å². The number of rotatable bonds is 4. The highest BCUT2D eigenvalue weighted by atomic mass is 16.5. The molecule has 0 amide bonds. The zero-order chi connectivity index (χ0) is 12.3. The van der Waals surface area contributed by atoms with Crippen LogP contribution in [0.4, 0.5) is 0 Å². The SMILES string of the molecule is Cc1cccc(CO)c1OCc1ncnn1C. The molecule has 1 aromatic carbocycles. The molecule has 1 heterocycles. The van der Waals surface area contributed by atoms with E-state index in [1.54, 1.807) is 4.68 Å². The van der Waals surface area contributed by atoms with Crippen LogP contribution in [-0.4, -0.2) is 19.9 Å². The lowest BCUT2D eigenvalue weighted by molar-refractivity contribution is 0.252. The molecule has 0 aliphatic carbocycles. The van der Waals surface area contributed by atoms with Crippen molar-refractivity contribution in [2.24, 2.45) is 7.05 Å². The number of aromatic nitrogens is 3. The lowest BCUT2D eigenvalue weighted by Crippen LogP contribution is -2.06. The summed E-state index contributed by atoms with van der Waals surface area (Å²) >= 11 is 0. The second kappa shape index (κ2) is 4.97. The van der Waals surface area contributed by atoms with Crippen LogP contribution in [0.15, 0.2) is 24.5 Å². The van der Waals surface area contributed by atoms with Gasteiger partial charge >= 0.3 is 0 Å². The molecule has 0 atom stereocenters. The van der Waals surface area contributed by atoms with Gasteiger partial charge in [-0.1, -0.05) is 18.2 Å². The first-order chi connectivity index (χ1) is 8.22. The van der Waals surface area contributed by atoms with Gasteiger partial charge in [-0.05, 0) is 12.5 Å². The van der Waals surface area contributed by atoms with Crippen LogP contribution in [0.25, 0.3) is 0 Å². The molecule has 0 unspecified atom stereocenters. The molecule has 0 saturated heterocycles. The van der Waals surface area contributed by atoms with Crippen LogP contribution >= 0.6 is 0 Å². The number of aryl methyl sites for hydroxylation is 2. The van der Waals surface area contributed by atoms with Gasteiger partial charge in [0, 0.05) is 12.6 Å². The normalized spacial score (nSPS) is 10.5. The number of hydrogen-bond donors (Lipinski definition) is 1. The van der Waals surface area contributed by atoms with Gasteiger partial charge in [-0.15, -0.1) is 0 Å². The Morgan fingerprint density at radius 2 is 2.24 bits per heavy atom. The Morgan fingerprint density at radius 3 is 2.88 bits per heavy atom. The third kappa shape index (κ3) is 2.45. The summed E-state index contributed by atoms with van der Waals surface area (Å²) in [6.07, 6.45) is 1.49. The third-order valence-electron chi connectivity index (χ3n) is 2.61. The molecule has 0 radical (unpaired) electrons. The number of aliphatic hydroxyl groups is 1. The minimum atomic E-state index is -0.0319. The molecule has 0 bridgehead atoms. The Bertz CT molecular complexity index is 508. The maximum Gasteiger partial charge on any atom is 0.164 e. The molecule has 2 rings (SSSR count). The van der Waals surface area contributed by atoms with Gasteiger partial charge in [0.05, 0.1) is 6.61 Å². The highest BCUT2D eigenvalue weighted by Gasteiger charge is 2.08. The summed E-state index contributed by atoms with van der Waals surface area (Å²) in [6, 6.07) is 5.69. The third-order valence-corrected chi connectivity index (χ3v) is 2.61. The second-order valence-electron chi connectivity index (χ2n) is 3.81. The summed E-state index contributed by atoms with van der Waals surface area (Å²) in [4.78, 5) is 4.08. The van der Waals surface area contributed by atoms with Gasteiger partial charge < -0.3 is 9.84 Å². The predicted molar refractivity (Wildman–Crippen MR) is 62.4 cm³/mol. The summed E-state index contributed by atoms with van der Waals surface area (Å²) < 4.78 is 7.36. The number of ether oxygens (including phenoxy) is 1. The van der Waals surface area contributed by atoms with Crippen molar-refractivity contribution >= 4 is 0 Å². The Morgan fingerprint density at radius 1 is 1.41 bits per heavy atom. The van der Waals surface area contributed by atoms with Gasteiger partial charge in [0.25, 0.3) is 0 Å². The van der Waals surface area contributed by atoms with Gasteiger partial charge in [-0.3, -0.25) is 4.68 Å². The van der Waals surface area contributed by atoms with E-state index in [4.69, 9.17) is 4.74 Å². The van der Waals surface area contributed by atoms with Crippen molar-refractivity contribution in [3.05, 3.63) is 41.5 Å². The first-order valence-corrected chi connectivity index (χ1v) is 5.37. The predicted octanol–water partition coefficient (Wildman–Crippen LogP) is 1.19.